The number of alkyl halides is 3. The topological polar surface area (TPSA) is 21.3 Å². The number of nitrogens with one attached hydrogen (secondary N) is 1. The van der Waals surface area contributed by atoms with E-state index in [0.29, 0.717) is 18.5 Å². The fraction of sp³-hybridized carbons (Fsp3) is 0.600. The lowest BCUT2D eigenvalue weighted by Crippen LogP contribution is -2.33. The van der Waals surface area contributed by atoms with Gasteiger partial charge < -0.3 is 10.1 Å². The molecule has 0 heterocycles. The zero-order valence-electron chi connectivity index (χ0n) is 12.4. The average Bonchev–Trinajstić information content (AvgIpc) is 2.43. The van der Waals surface area contributed by atoms with Crippen LogP contribution >= 0.6 is 0 Å². The molecule has 0 spiro atoms. The van der Waals surface area contributed by atoms with Crippen molar-refractivity contribution in [1.29, 1.82) is 0 Å². The number of halogens is 4. The van der Waals surface area contributed by atoms with Gasteiger partial charge in [0.25, 0.3) is 0 Å². The first-order chi connectivity index (χ1) is 9.85. The number of ether oxygens (including phenoxy) is 1. The van der Waals surface area contributed by atoms with Crippen LogP contribution in [0.15, 0.2) is 18.2 Å². The molecular weight excluding hydrogens is 286 g/mol. The molecule has 120 valence electrons. The Kier molecular flexibility index (Phi) is 6.61. The van der Waals surface area contributed by atoms with E-state index in [1.807, 2.05) is 13.8 Å². The van der Waals surface area contributed by atoms with Crippen LogP contribution in [0.4, 0.5) is 17.6 Å². The summed E-state index contributed by atoms with van der Waals surface area (Å²) in [6.07, 6.45) is -3.51. The van der Waals surface area contributed by atoms with E-state index >= 15 is 0 Å². The predicted molar refractivity (Wildman–Crippen MR) is 73.5 cm³/mol. The molecule has 21 heavy (non-hydrogen) atoms. The van der Waals surface area contributed by atoms with E-state index in [9.17, 15) is 17.6 Å². The number of hydrogen-bond acceptors (Lipinski definition) is 2. The van der Waals surface area contributed by atoms with Gasteiger partial charge in [-0.2, -0.15) is 13.2 Å². The van der Waals surface area contributed by atoms with Crippen LogP contribution in [0, 0.1) is 5.82 Å². The van der Waals surface area contributed by atoms with Crippen molar-refractivity contribution in [3.8, 4) is 0 Å². The lowest BCUT2D eigenvalue weighted by molar-refractivity contribution is -0.140. The van der Waals surface area contributed by atoms with Crippen LogP contribution in [-0.2, 0) is 10.9 Å². The summed E-state index contributed by atoms with van der Waals surface area (Å²) >= 11 is 0. The molecule has 0 aromatic heterocycles. The van der Waals surface area contributed by atoms with E-state index in [2.05, 4.69) is 5.32 Å². The average molecular weight is 307 g/mol. The van der Waals surface area contributed by atoms with Crippen molar-refractivity contribution < 1.29 is 22.3 Å². The Morgan fingerprint density at radius 1 is 1.24 bits per heavy atom. The summed E-state index contributed by atoms with van der Waals surface area (Å²) < 4.78 is 57.2. The molecule has 0 radical (unpaired) electrons. The molecule has 2 unspecified atom stereocenters. The predicted octanol–water partition coefficient (Wildman–Crippen LogP) is 4.31. The summed E-state index contributed by atoms with van der Waals surface area (Å²) in [6.45, 7) is 4.50. The standard InChI is InChI=1S/C15H21F4NO/c1-4-8-20-14(13(5-2)21-3)10-6-7-12(16)11(9-10)15(17,18)19/h6-7,9,13-14,20H,4-5,8H2,1-3H3. The number of methoxy groups -OCH3 is 1. The summed E-state index contributed by atoms with van der Waals surface area (Å²) in [4.78, 5) is 0. The van der Waals surface area contributed by atoms with Gasteiger partial charge in [0.1, 0.15) is 5.82 Å². The highest BCUT2D eigenvalue weighted by Crippen LogP contribution is 2.34. The van der Waals surface area contributed by atoms with E-state index in [-0.39, 0.29) is 6.10 Å². The van der Waals surface area contributed by atoms with Gasteiger partial charge in [-0.05, 0) is 37.1 Å². The van der Waals surface area contributed by atoms with Crippen LogP contribution in [0.5, 0.6) is 0 Å². The van der Waals surface area contributed by atoms with E-state index < -0.39 is 23.6 Å². The highest BCUT2D eigenvalue weighted by atomic mass is 19.4. The molecule has 2 nitrogen and oxygen atoms in total. The van der Waals surface area contributed by atoms with Crippen molar-refractivity contribution in [2.24, 2.45) is 0 Å². The van der Waals surface area contributed by atoms with Crippen LogP contribution in [-0.4, -0.2) is 19.8 Å². The van der Waals surface area contributed by atoms with Crippen molar-refractivity contribution >= 4 is 0 Å². The third kappa shape index (κ3) is 4.68. The maximum Gasteiger partial charge on any atom is 0.419 e. The third-order valence-electron chi connectivity index (χ3n) is 3.35. The molecular formula is C15H21F4NO. The van der Waals surface area contributed by atoms with Gasteiger partial charge in [0.2, 0.25) is 0 Å². The van der Waals surface area contributed by atoms with Gasteiger partial charge in [-0.3, -0.25) is 0 Å². The maximum absolute atomic E-state index is 13.4. The molecule has 0 aliphatic heterocycles. The summed E-state index contributed by atoms with van der Waals surface area (Å²) in [6, 6.07) is 2.70. The Morgan fingerprint density at radius 2 is 1.90 bits per heavy atom. The Balaban J connectivity index is 3.18. The van der Waals surface area contributed by atoms with Gasteiger partial charge in [-0.1, -0.05) is 19.9 Å². The van der Waals surface area contributed by atoms with Crippen LogP contribution in [0.1, 0.15) is 43.9 Å². The van der Waals surface area contributed by atoms with Crippen molar-refractivity contribution in [3.05, 3.63) is 35.1 Å². The Bertz CT molecular complexity index is 444. The Hall–Kier alpha value is -1.14. The second kappa shape index (κ2) is 7.75. The van der Waals surface area contributed by atoms with E-state index in [1.165, 1.54) is 13.2 Å². The first kappa shape index (κ1) is 17.9. The molecule has 6 heteroatoms. The summed E-state index contributed by atoms with van der Waals surface area (Å²) in [5.41, 5.74) is -0.861. The van der Waals surface area contributed by atoms with Crippen LogP contribution in [0.2, 0.25) is 0 Å². The fourth-order valence-corrected chi connectivity index (χ4v) is 2.26. The molecule has 0 aliphatic carbocycles. The summed E-state index contributed by atoms with van der Waals surface area (Å²) in [7, 11) is 1.52. The summed E-state index contributed by atoms with van der Waals surface area (Å²) in [5, 5.41) is 3.17. The van der Waals surface area contributed by atoms with Crippen molar-refractivity contribution in [3.63, 3.8) is 0 Å². The Morgan fingerprint density at radius 3 is 2.38 bits per heavy atom. The van der Waals surface area contributed by atoms with Crippen molar-refractivity contribution in [2.75, 3.05) is 13.7 Å². The fourth-order valence-electron chi connectivity index (χ4n) is 2.26. The van der Waals surface area contributed by atoms with Crippen LogP contribution < -0.4 is 5.32 Å². The van der Waals surface area contributed by atoms with E-state index in [4.69, 9.17) is 4.74 Å². The van der Waals surface area contributed by atoms with Crippen molar-refractivity contribution in [2.45, 2.75) is 45.0 Å². The minimum Gasteiger partial charge on any atom is -0.379 e. The molecule has 0 bridgehead atoms. The third-order valence-corrected chi connectivity index (χ3v) is 3.35. The second-order valence-corrected chi connectivity index (χ2v) is 4.85. The second-order valence-electron chi connectivity index (χ2n) is 4.85. The monoisotopic (exact) mass is 307 g/mol. The lowest BCUT2D eigenvalue weighted by Gasteiger charge is -2.27. The molecule has 1 N–H and O–H groups in total. The minimum absolute atomic E-state index is 0.275. The molecule has 0 fully saturated rings. The minimum atomic E-state index is -4.70. The molecule has 0 aliphatic rings. The molecule has 1 aromatic rings. The highest BCUT2D eigenvalue weighted by molar-refractivity contribution is 5.30. The Labute approximate surface area is 122 Å². The van der Waals surface area contributed by atoms with Gasteiger partial charge in [0.15, 0.2) is 0 Å². The quantitative estimate of drug-likeness (QED) is 0.758. The first-order valence-electron chi connectivity index (χ1n) is 6.97. The number of hydrogen-bond donors (Lipinski definition) is 1. The highest BCUT2D eigenvalue weighted by Gasteiger charge is 2.35. The zero-order valence-corrected chi connectivity index (χ0v) is 12.4. The smallest absolute Gasteiger partial charge is 0.379 e. The number of benzene rings is 1. The lowest BCUT2D eigenvalue weighted by atomic mass is 9.97. The normalized spacial score (nSPS) is 15.0. The molecule has 2 atom stereocenters. The molecule has 0 saturated carbocycles. The van der Waals surface area contributed by atoms with Gasteiger partial charge in [0.05, 0.1) is 17.7 Å². The van der Waals surface area contributed by atoms with Gasteiger partial charge >= 0.3 is 6.18 Å². The zero-order chi connectivity index (χ0) is 16.0. The van der Waals surface area contributed by atoms with Gasteiger partial charge in [-0.15, -0.1) is 0 Å². The van der Waals surface area contributed by atoms with E-state index in [0.717, 1.165) is 18.6 Å². The van der Waals surface area contributed by atoms with Crippen molar-refractivity contribution in [1.82, 2.24) is 5.32 Å². The van der Waals surface area contributed by atoms with Crippen LogP contribution in [0.25, 0.3) is 0 Å². The molecule has 1 aromatic carbocycles. The van der Waals surface area contributed by atoms with Crippen LogP contribution in [0.3, 0.4) is 0 Å². The molecule has 0 amide bonds. The largest absolute Gasteiger partial charge is 0.419 e. The van der Waals surface area contributed by atoms with Gasteiger partial charge in [0, 0.05) is 7.11 Å². The number of rotatable bonds is 7. The first-order valence-corrected chi connectivity index (χ1v) is 6.97. The maximum atomic E-state index is 13.4. The van der Waals surface area contributed by atoms with E-state index in [1.54, 1.807) is 0 Å². The summed E-state index contributed by atoms with van der Waals surface area (Å²) in [5.74, 6) is -1.26. The SMILES string of the molecule is CCCNC(c1ccc(F)c(C(F)(F)F)c1)C(CC)OC. The molecule has 1 rings (SSSR count). The van der Waals surface area contributed by atoms with Gasteiger partial charge in [-0.25, -0.2) is 4.39 Å². The molecule has 0 saturated heterocycles.